The van der Waals surface area contributed by atoms with E-state index in [1.54, 1.807) is 0 Å². The second-order valence-corrected chi connectivity index (χ2v) is 3.48. The number of piperidine rings is 1. The number of carbonyl (C=O) groups is 1. The van der Waals surface area contributed by atoms with E-state index in [-0.39, 0.29) is 11.8 Å². The van der Waals surface area contributed by atoms with Gasteiger partial charge in [0.15, 0.2) is 0 Å². The van der Waals surface area contributed by atoms with E-state index in [4.69, 9.17) is 5.26 Å². The molecular formula is C8H11BrN2O. The van der Waals surface area contributed by atoms with Crippen LogP contribution in [0.5, 0.6) is 0 Å². The molecule has 66 valence electrons. The van der Waals surface area contributed by atoms with E-state index in [0.29, 0.717) is 5.33 Å². The number of hydrogen-bond acceptors (Lipinski definition) is 2. The number of halogens is 1. The standard InChI is InChI=1S/C8H11BrN2O/c9-5-8(12)11-3-1-7(6-10)2-4-11/h7H,1-5H2. The van der Waals surface area contributed by atoms with Crippen molar-refractivity contribution in [2.24, 2.45) is 5.92 Å². The lowest BCUT2D eigenvalue weighted by Gasteiger charge is -2.28. The Balaban J connectivity index is 2.37. The zero-order valence-corrected chi connectivity index (χ0v) is 8.38. The van der Waals surface area contributed by atoms with Crippen LogP contribution < -0.4 is 0 Å². The molecule has 0 bridgehead atoms. The molecule has 3 nitrogen and oxygen atoms in total. The van der Waals surface area contributed by atoms with Gasteiger partial charge < -0.3 is 4.90 Å². The zero-order chi connectivity index (χ0) is 8.97. The second-order valence-electron chi connectivity index (χ2n) is 2.92. The third-order valence-corrected chi connectivity index (χ3v) is 2.62. The van der Waals surface area contributed by atoms with Gasteiger partial charge in [0.05, 0.1) is 11.4 Å². The van der Waals surface area contributed by atoms with Crippen molar-refractivity contribution in [1.82, 2.24) is 4.90 Å². The molecule has 1 fully saturated rings. The highest BCUT2D eigenvalue weighted by atomic mass is 79.9. The Kier molecular flexibility index (Phi) is 3.54. The van der Waals surface area contributed by atoms with E-state index < -0.39 is 0 Å². The summed E-state index contributed by atoms with van der Waals surface area (Å²) in [5, 5.41) is 9.00. The summed E-state index contributed by atoms with van der Waals surface area (Å²) in [5.41, 5.74) is 0. The quantitative estimate of drug-likeness (QED) is 0.635. The number of alkyl halides is 1. The predicted octanol–water partition coefficient (Wildman–Crippen LogP) is 1.14. The van der Waals surface area contributed by atoms with Gasteiger partial charge in [-0.2, -0.15) is 5.26 Å². The Labute approximate surface area is 80.5 Å². The first-order chi connectivity index (χ1) is 5.77. The molecule has 0 spiro atoms. The summed E-state index contributed by atoms with van der Waals surface area (Å²) in [4.78, 5) is 13.0. The van der Waals surface area contributed by atoms with Crippen molar-refractivity contribution >= 4 is 21.8 Å². The van der Waals surface area contributed by atoms with Crippen LogP contribution in [0.1, 0.15) is 12.8 Å². The Hall–Kier alpha value is -0.560. The van der Waals surface area contributed by atoms with Crippen molar-refractivity contribution in [2.45, 2.75) is 12.8 Å². The van der Waals surface area contributed by atoms with Crippen molar-refractivity contribution in [3.05, 3.63) is 0 Å². The molecule has 12 heavy (non-hydrogen) atoms. The summed E-state index contributed by atoms with van der Waals surface area (Å²) < 4.78 is 0. The molecule has 0 radical (unpaired) electrons. The van der Waals surface area contributed by atoms with Crippen LogP contribution in [-0.4, -0.2) is 29.2 Å². The molecule has 1 amide bonds. The monoisotopic (exact) mass is 230 g/mol. The maximum Gasteiger partial charge on any atom is 0.233 e. The number of nitriles is 1. The number of rotatable bonds is 1. The SMILES string of the molecule is N#CC1CCN(C(=O)CBr)CC1. The van der Waals surface area contributed by atoms with Gasteiger partial charge in [0.25, 0.3) is 0 Å². The molecule has 1 heterocycles. The van der Waals surface area contributed by atoms with E-state index in [1.165, 1.54) is 0 Å². The average molecular weight is 231 g/mol. The number of nitrogens with zero attached hydrogens (tertiary/aromatic N) is 2. The van der Waals surface area contributed by atoms with Crippen LogP contribution in [0, 0.1) is 17.2 Å². The fourth-order valence-electron chi connectivity index (χ4n) is 1.34. The molecule has 1 aliphatic heterocycles. The highest BCUT2D eigenvalue weighted by Gasteiger charge is 2.21. The van der Waals surface area contributed by atoms with Crippen LogP contribution in [-0.2, 0) is 4.79 Å². The normalized spacial score (nSPS) is 18.8. The maximum absolute atomic E-state index is 11.2. The molecule has 0 atom stereocenters. The Morgan fingerprint density at radius 1 is 1.58 bits per heavy atom. The molecule has 1 saturated heterocycles. The molecule has 1 aliphatic rings. The van der Waals surface area contributed by atoms with E-state index in [2.05, 4.69) is 22.0 Å². The summed E-state index contributed by atoms with van der Waals surface area (Å²) in [6, 6.07) is 2.23. The van der Waals surface area contributed by atoms with Crippen LogP contribution in [0.2, 0.25) is 0 Å². The summed E-state index contributed by atoms with van der Waals surface area (Å²) in [5.74, 6) is 0.288. The van der Waals surface area contributed by atoms with Gasteiger partial charge in [-0.15, -0.1) is 0 Å². The second kappa shape index (κ2) is 4.46. The topological polar surface area (TPSA) is 44.1 Å². The fourth-order valence-corrected chi connectivity index (χ4v) is 1.70. The van der Waals surface area contributed by atoms with Gasteiger partial charge in [0, 0.05) is 19.0 Å². The van der Waals surface area contributed by atoms with Gasteiger partial charge >= 0.3 is 0 Å². The van der Waals surface area contributed by atoms with Gasteiger partial charge in [0.1, 0.15) is 0 Å². The summed E-state index contributed by atoms with van der Waals surface area (Å²) >= 11 is 3.13. The van der Waals surface area contributed by atoms with Crippen molar-refractivity contribution < 1.29 is 4.79 Å². The average Bonchev–Trinajstić information content (AvgIpc) is 2.17. The lowest BCUT2D eigenvalue weighted by molar-refractivity contribution is -0.129. The summed E-state index contributed by atoms with van der Waals surface area (Å²) in [6.07, 6.45) is 1.66. The molecule has 0 unspecified atom stereocenters. The molecule has 0 aromatic rings. The third kappa shape index (κ3) is 2.21. The minimum absolute atomic E-state index is 0.131. The van der Waals surface area contributed by atoms with Crippen LogP contribution in [0.25, 0.3) is 0 Å². The minimum Gasteiger partial charge on any atom is -0.342 e. The van der Waals surface area contributed by atoms with Gasteiger partial charge in [-0.3, -0.25) is 4.79 Å². The zero-order valence-electron chi connectivity index (χ0n) is 6.79. The highest BCUT2D eigenvalue weighted by molar-refractivity contribution is 9.09. The largest absolute Gasteiger partial charge is 0.342 e. The number of hydrogen-bond donors (Lipinski definition) is 0. The van der Waals surface area contributed by atoms with Crippen LogP contribution in [0.4, 0.5) is 0 Å². The Bertz CT molecular complexity index is 204. The maximum atomic E-state index is 11.2. The van der Waals surface area contributed by atoms with Gasteiger partial charge in [-0.05, 0) is 12.8 Å². The van der Waals surface area contributed by atoms with E-state index >= 15 is 0 Å². The van der Waals surface area contributed by atoms with Gasteiger partial charge in [-0.25, -0.2) is 0 Å². The molecule has 4 heteroatoms. The first-order valence-corrected chi connectivity index (χ1v) is 5.13. The van der Waals surface area contributed by atoms with Crippen LogP contribution in [0.3, 0.4) is 0 Å². The smallest absolute Gasteiger partial charge is 0.233 e. The Morgan fingerprint density at radius 2 is 2.17 bits per heavy atom. The fraction of sp³-hybridized carbons (Fsp3) is 0.750. The number of likely N-dealkylation sites (tertiary alicyclic amines) is 1. The van der Waals surface area contributed by atoms with E-state index in [9.17, 15) is 4.79 Å². The third-order valence-electron chi connectivity index (χ3n) is 2.14. The molecular weight excluding hydrogens is 220 g/mol. The predicted molar refractivity (Wildman–Crippen MR) is 48.7 cm³/mol. The molecule has 0 aromatic heterocycles. The van der Waals surface area contributed by atoms with Crippen molar-refractivity contribution in [3.63, 3.8) is 0 Å². The lowest BCUT2D eigenvalue weighted by atomic mass is 9.99. The molecule has 0 aromatic carbocycles. The van der Waals surface area contributed by atoms with Crippen molar-refractivity contribution in [1.29, 1.82) is 5.26 Å². The van der Waals surface area contributed by atoms with Crippen LogP contribution >= 0.6 is 15.9 Å². The summed E-state index contributed by atoms with van der Waals surface area (Å²) in [7, 11) is 0. The molecule has 1 rings (SSSR count). The van der Waals surface area contributed by atoms with Gasteiger partial charge in [0.2, 0.25) is 5.91 Å². The van der Waals surface area contributed by atoms with Crippen molar-refractivity contribution in [2.75, 3.05) is 18.4 Å². The molecule has 0 aliphatic carbocycles. The molecule has 0 N–H and O–H groups in total. The van der Waals surface area contributed by atoms with E-state index in [0.717, 1.165) is 25.9 Å². The highest BCUT2D eigenvalue weighted by Crippen LogP contribution is 2.16. The number of amides is 1. The summed E-state index contributed by atoms with van der Waals surface area (Å²) in [6.45, 7) is 1.48. The van der Waals surface area contributed by atoms with Gasteiger partial charge in [-0.1, -0.05) is 15.9 Å². The molecule has 0 saturated carbocycles. The lowest BCUT2D eigenvalue weighted by Crippen LogP contribution is -2.38. The van der Waals surface area contributed by atoms with Crippen molar-refractivity contribution in [3.8, 4) is 6.07 Å². The minimum atomic E-state index is 0.131. The first-order valence-electron chi connectivity index (χ1n) is 4.01. The first kappa shape index (κ1) is 9.53. The van der Waals surface area contributed by atoms with Crippen LogP contribution in [0.15, 0.2) is 0 Å². The number of carbonyl (C=O) groups excluding carboxylic acids is 1. The van der Waals surface area contributed by atoms with E-state index in [1.807, 2.05) is 4.90 Å². The Morgan fingerprint density at radius 3 is 2.58 bits per heavy atom.